The molecule has 0 aromatic rings. The first-order chi connectivity index (χ1) is 5.41. The van der Waals surface area contributed by atoms with Gasteiger partial charge in [-0.15, -0.1) is 0 Å². The molecule has 0 aromatic heterocycles. The number of unbranched alkanes of at least 4 members (excludes halogenated alkanes) is 2. The van der Waals surface area contributed by atoms with Crippen LogP contribution in [0.25, 0.3) is 0 Å². The van der Waals surface area contributed by atoms with E-state index in [0.717, 1.165) is 0 Å². The molecule has 1 heteroatoms. The van der Waals surface area contributed by atoms with E-state index >= 15 is 0 Å². The molecule has 0 amide bonds. The lowest BCUT2D eigenvalue weighted by Gasteiger charge is -1.95. The van der Waals surface area contributed by atoms with Crippen LogP contribution in [0.4, 0.5) is 0 Å². The van der Waals surface area contributed by atoms with Crippen LogP contribution in [0.2, 0.25) is 0 Å². The Morgan fingerprint density at radius 2 is 1.18 bits per heavy atom. The van der Waals surface area contributed by atoms with Gasteiger partial charge >= 0.3 is 0 Å². The molecule has 0 aliphatic heterocycles. The highest BCUT2D eigenvalue weighted by Crippen LogP contribution is 2.14. The fourth-order valence-corrected chi connectivity index (χ4v) is 1.95. The quantitative estimate of drug-likeness (QED) is 0.410. The van der Waals surface area contributed by atoms with Crippen LogP contribution < -0.4 is 0 Å². The molecule has 0 rings (SSSR count). The van der Waals surface area contributed by atoms with Crippen LogP contribution in [-0.2, 0) is 0 Å². The van der Waals surface area contributed by atoms with Crippen LogP contribution in [0.5, 0.6) is 0 Å². The third-order valence-electron chi connectivity index (χ3n) is 1.34. The fraction of sp³-hybridized carbons (Fsp3) is 1.00. The van der Waals surface area contributed by atoms with Crippen molar-refractivity contribution >= 4 is 8.58 Å². The average molecular weight is 175 g/mol. The molecule has 0 heterocycles. The van der Waals surface area contributed by atoms with Crippen LogP contribution in [0, 0.1) is 0 Å². The minimum atomic E-state index is 1.36. The summed E-state index contributed by atoms with van der Waals surface area (Å²) in [4.78, 5) is 0. The SMILES string of the molecule is CC.CCCC[P]CCCC. The van der Waals surface area contributed by atoms with Crippen molar-refractivity contribution in [3.05, 3.63) is 0 Å². The van der Waals surface area contributed by atoms with Crippen LogP contribution in [-0.4, -0.2) is 12.3 Å². The Labute approximate surface area is 74.9 Å². The normalized spacial score (nSPS) is 8.73. The smallest absolute Gasteiger partial charge is 0.0287 e. The Balaban J connectivity index is 0. The zero-order valence-corrected chi connectivity index (χ0v) is 9.58. The zero-order chi connectivity index (χ0) is 8.95. The summed E-state index contributed by atoms with van der Waals surface area (Å²) in [7, 11) is 1.67. The summed E-state index contributed by atoms with van der Waals surface area (Å²) >= 11 is 0. The largest absolute Gasteiger partial charge is 0.0810 e. The summed E-state index contributed by atoms with van der Waals surface area (Å²) < 4.78 is 0. The summed E-state index contributed by atoms with van der Waals surface area (Å²) in [6, 6.07) is 0. The van der Waals surface area contributed by atoms with Gasteiger partial charge in [-0.1, -0.05) is 49.1 Å². The molecule has 0 N–H and O–H groups in total. The van der Waals surface area contributed by atoms with E-state index in [1.807, 2.05) is 13.8 Å². The minimum absolute atomic E-state index is 1.36. The molecule has 0 unspecified atom stereocenters. The van der Waals surface area contributed by atoms with Gasteiger partial charge in [0.2, 0.25) is 0 Å². The Morgan fingerprint density at radius 3 is 1.45 bits per heavy atom. The maximum absolute atomic E-state index is 2.26. The van der Waals surface area contributed by atoms with Gasteiger partial charge in [-0.3, -0.25) is 0 Å². The first-order valence-electron chi connectivity index (χ1n) is 5.05. The minimum Gasteiger partial charge on any atom is -0.0810 e. The molecular formula is C10H24P. The predicted molar refractivity (Wildman–Crippen MR) is 57.8 cm³/mol. The van der Waals surface area contributed by atoms with Crippen molar-refractivity contribution in [3.63, 3.8) is 0 Å². The third-order valence-corrected chi connectivity index (χ3v) is 2.60. The molecule has 0 aliphatic carbocycles. The van der Waals surface area contributed by atoms with Gasteiger partial charge in [-0.2, -0.15) is 0 Å². The molecule has 1 radical (unpaired) electrons. The Bertz CT molecular complexity index is 38.1. The van der Waals surface area contributed by atoms with Gasteiger partial charge in [0.05, 0.1) is 0 Å². The number of hydrogen-bond acceptors (Lipinski definition) is 0. The van der Waals surface area contributed by atoms with Gasteiger partial charge in [0.1, 0.15) is 0 Å². The molecule has 0 atom stereocenters. The Morgan fingerprint density at radius 1 is 0.818 bits per heavy atom. The molecule has 0 aliphatic rings. The molecule has 0 nitrogen and oxygen atoms in total. The number of hydrogen-bond donors (Lipinski definition) is 0. The highest BCUT2D eigenvalue weighted by Gasteiger charge is 1.86. The van der Waals surface area contributed by atoms with E-state index < -0.39 is 0 Å². The van der Waals surface area contributed by atoms with Crippen molar-refractivity contribution < 1.29 is 0 Å². The molecule has 69 valence electrons. The summed E-state index contributed by atoms with van der Waals surface area (Å²) in [6.45, 7) is 8.52. The molecule has 0 saturated carbocycles. The van der Waals surface area contributed by atoms with Crippen molar-refractivity contribution in [2.45, 2.75) is 53.4 Å². The maximum Gasteiger partial charge on any atom is -0.0287 e. The van der Waals surface area contributed by atoms with E-state index in [2.05, 4.69) is 13.8 Å². The highest BCUT2D eigenvalue weighted by atomic mass is 31.1. The lowest BCUT2D eigenvalue weighted by atomic mass is 10.4. The van der Waals surface area contributed by atoms with Crippen LogP contribution in [0.1, 0.15) is 53.4 Å². The summed E-state index contributed by atoms with van der Waals surface area (Å²) in [6.07, 6.45) is 8.42. The molecule has 0 spiro atoms. The summed E-state index contributed by atoms with van der Waals surface area (Å²) in [5, 5.41) is 0. The van der Waals surface area contributed by atoms with Crippen molar-refractivity contribution in [3.8, 4) is 0 Å². The van der Waals surface area contributed by atoms with E-state index in [1.54, 1.807) is 8.58 Å². The first kappa shape index (κ1) is 14.0. The summed E-state index contributed by atoms with van der Waals surface area (Å²) in [5.74, 6) is 0. The molecule has 0 aromatic carbocycles. The van der Waals surface area contributed by atoms with Gasteiger partial charge in [0.25, 0.3) is 0 Å². The zero-order valence-electron chi connectivity index (χ0n) is 8.69. The van der Waals surface area contributed by atoms with Crippen LogP contribution in [0.15, 0.2) is 0 Å². The average Bonchev–Trinajstić information content (AvgIpc) is 2.08. The topological polar surface area (TPSA) is 0 Å². The summed E-state index contributed by atoms with van der Waals surface area (Å²) in [5.41, 5.74) is 0. The third kappa shape index (κ3) is 17.9. The second-order valence-electron chi connectivity index (χ2n) is 2.38. The highest BCUT2D eigenvalue weighted by molar-refractivity contribution is 7.37. The Kier molecular flexibility index (Phi) is 21.4. The van der Waals surface area contributed by atoms with Gasteiger partial charge < -0.3 is 0 Å². The maximum atomic E-state index is 2.26. The monoisotopic (exact) mass is 175 g/mol. The standard InChI is InChI=1S/C8H18P.C2H6/c1-3-5-7-9-8-6-4-2;1-2/h3-8H2,1-2H3;1-2H3. The molecular weight excluding hydrogens is 151 g/mol. The van der Waals surface area contributed by atoms with Crippen molar-refractivity contribution in [1.29, 1.82) is 0 Å². The number of rotatable bonds is 6. The van der Waals surface area contributed by atoms with Crippen molar-refractivity contribution in [2.24, 2.45) is 0 Å². The van der Waals surface area contributed by atoms with Gasteiger partial charge in [-0.05, 0) is 25.2 Å². The van der Waals surface area contributed by atoms with Crippen LogP contribution >= 0.6 is 8.58 Å². The van der Waals surface area contributed by atoms with Crippen molar-refractivity contribution in [2.75, 3.05) is 12.3 Å². The second kappa shape index (κ2) is 16.8. The second-order valence-corrected chi connectivity index (χ2v) is 3.72. The van der Waals surface area contributed by atoms with Crippen molar-refractivity contribution in [1.82, 2.24) is 0 Å². The predicted octanol–water partition coefficient (Wildman–Crippen LogP) is 4.56. The fourth-order valence-electron chi connectivity index (χ4n) is 0.652. The van der Waals surface area contributed by atoms with Crippen LogP contribution in [0.3, 0.4) is 0 Å². The van der Waals surface area contributed by atoms with E-state index in [-0.39, 0.29) is 0 Å². The van der Waals surface area contributed by atoms with E-state index in [9.17, 15) is 0 Å². The lowest BCUT2D eigenvalue weighted by Crippen LogP contribution is -1.78. The molecule has 0 bridgehead atoms. The van der Waals surface area contributed by atoms with Gasteiger partial charge in [-0.25, -0.2) is 0 Å². The Hall–Kier alpha value is 0.430. The molecule has 0 saturated heterocycles. The van der Waals surface area contributed by atoms with Gasteiger partial charge in [0.15, 0.2) is 0 Å². The molecule has 11 heavy (non-hydrogen) atoms. The van der Waals surface area contributed by atoms with E-state index in [4.69, 9.17) is 0 Å². The first-order valence-corrected chi connectivity index (χ1v) is 6.31. The molecule has 0 fully saturated rings. The van der Waals surface area contributed by atoms with E-state index in [1.165, 1.54) is 38.0 Å². The van der Waals surface area contributed by atoms with E-state index in [0.29, 0.717) is 0 Å². The lowest BCUT2D eigenvalue weighted by molar-refractivity contribution is 0.874. The van der Waals surface area contributed by atoms with Gasteiger partial charge in [0, 0.05) is 0 Å².